The molecular weight excluding hydrogens is 290 g/mol. The van der Waals surface area contributed by atoms with Gasteiger partial charge in [0.05, 0.1) is 6.04 Å². The van der Waals surface area contributed by atoms with E-state index in [1.807, 2.05) is 6.21 Å². The number of hydrogen-bond acceptors (Lipinski definition) is 1. The van der Waals surface area contributed by atoms with Crippen LogP contribution in [0.2, 0.25) is 0 Å². The summed E-state index contributed by atoms with van der Waals surface area (Å²) in [6, 6.07) is 17.7. The van der Waals surface area contributed by atoms with Crippen LogP contribution in [0.3, 0.4) is 0 Å². The van der Waals surface area contributed by atoms with Crippen LogP contribution >= 0.6 is 0 Å². The largest absolute Gasteiger partial charge is 0.285 e. The Labute approximate surface area is 147 Å². The molecule has 2 rings (SSSR count). The van der Waals surface area contributed by atoms with E-state index in [4.69, 9.17) is 4.99 Å². The Balaban J connectivity index is 2.08. The molecule has 0 amide bonds. The molecule has 1 heteroatoms. The van der Waals surface area contributed by atoms with Crippen molar-refractivity contribution in [2.45, 2.75) is 65.3 Å². The van der Waals surface area contributed by atoms with Crippen LogP contribution in [0.4, 0.5) is 0 Å². The van der Waals surface area contributed by atoms with Crippen molar-refractivity contribution in [1.82, 2.24) is 0 Å². The van der Waals surface area contributed by atoms with Crippen LogP contribution in [-0.4, -0.2) is 6.21 Å². The topological polar surface area (TPSA) is 12.4 Å². The standard InChI is InChI=1S/C23H31N/c1-17(19-10-14-21(15-11-19)23(5,6)7)24-16-18-8-12-20(13-9-18)22(2,3)4/h8-17H,1-7H3. The molecule has 0 spiro atoms. The predicted molar refractivity (Wildman–Crippen MR) is 106 cm³/mol. The van der Waals surface area contributed by atoms with Crippen molar-refractivity contribution >= 4 is 6.21 Å². The Hall–Kier alpha value is -1.89. The molecule has 0 saturated carbocycles. The van der Waals surface area contributed by atoms with Gasteiger partial charge in [0.25, 0.3) is 0 Å². The van der Waals surface area contributed by atoms with E-state index >= 15 is 0 Å². The van der Waals surface area contributed by atoms with Crippen LogP contribution in [0.1, 0.15) is 76.8 Å². The average molecular weight is 322 g/mol. The third-order valence-corrected chi connectivity index (χ3v) is 4.48. The second kappa shape index (κ2) is 6.93. The molecule has 0 aromatic heterocycles. The first-order chi connectivity index (χ1) is 11.1. The van der Waals surface area contributed by atoms with Gasteiger partial charge in [-0.15, -0.1) is 0 Å². The molecule has 1 nitrogen and oxygen atoms in total. The molecule has 0 fully saturated rings. The van der Waals surface area contributed by atoms with Crippen LogP contribution in [-0.2, 0) is 10.8 Å². The monoisotopic (exact) mass is 321 g/mol. The highest BCUT2D eigenvalue weighted by Gasteiger charge is 2.14. The third-order valence-electron chi connectivity index (χ3n) is 4.48. The number of rotatable bonds is 3. The molecule has 2 aromatic carbocycles. The van der Waals surface area contributed by atoms with Crippen LogP contribution in [0.15, 0.2) is 53.5 Å². The molecule has 1 unspecified atom stereocenters. The number of hydrogen-bond donors (Lipinski definition) is 0. The molecule has 0 saturated heterocycles. The highest BCUT2D eigenvalue weighted by atomic mass is 14.8. The fourth-order valence-corrected chi connectivity index (χ4v) is 2.61. The highest BCUT2D eigenvalue weighted by molar-refractivity contribution is 5.79. The summed E-state index contributed by atoms with van der Waals surface area (Å²) in [6.45, 7) is 15.6. The van der Waals surface area contributed by atoms with Crippen molar-refractivity contribution in [3.8, 4) is 0 Å². The average Bonchev–Trinajstić information content (AvgIpc) is 2.51. The van der Waals surface area contributed by atoms with Crippen LogP contribution in [0.5, 0.6) is 0 Å². The molecule has 0 N–H and O–H groups in total. The summed E-state index contributed by atoms with van der Waals surface area (Å²) in [7, 11) is 0. The van der Waals surface area contributed by atoms with E-state index in [0.29, 0.717) is 0 Å². The van der Waals surface area contributed by atoms with Gasteiger partial charge in [0.1, 0.15) is 0 Å². The van der Waals surface area contributed by atoms with Gasteiger partial charge in [-0.3, -0.25) is 4.99 Å². The molecule has 0 aliphatic carbocycles. The fraction of sp³-hybridized carbons (Fsp3) is 0.435. The molecule has 0 radical (unpaired) electrons. The van der Waals surface area contributed by atoms with Crippen molar-refractivity contribution in [3.05, 3.63) is 70.8 Å². The smallest absolute Gasteiger partial charge is 0.0721 e. The lowest BCUT2D eigenvalue weighted by Gasteiger charge is -2.19. The molecule has 0 bridgehead atoms. The quantitative estimate of drug-likeness (QED) is 0.575. The van der Waals surface area contributed by atoms with Crippen LogP contribution in [0, 0.1) is 0 Å². The van der Waals surface area contributed by atoms with Gasteiger partial charge in [0, 0.05) is 6.21 Å². The zero-order valence-electron chi connectivity index (χ0n) is 16.2. The second-order valence-electron chi connectivity index (χ2n) is 8.70. The van der Waals surface area contributed by atoms with Crippen molar-refractivity contribution < 1.29 is 0 Å². The second-order valence-corrected chi connectivity index (χ2v) is 8.70. The minimum absolute atomic E-state index is 0.168. The van der Waals surface area contributed by atoms with Gasteiger partial charge < -0.3 is 0 Å². The predicted octanol–water partition coefficient (Wildman–Crippen LogP) is 6.46. The molecule has 1 atom stereocenters. The van der Waals surface area contributed by atoms with E-state index in [9.17, 15) is 0 Å². The van der Waals surface area contributed by atoms with Crippen molar-refractivity contribution in [2.24, 2.45) is 4.99 Å². The Morgan fingerprint density at radius 2 is 1.12 bits per heavy atom. The Kier molecular flexibility index (Phi) is 5.32. The van der Waals surface area contributed by atoms with E-state index in [2.05, 4.69) is 97.0 Å². The lowest BCUT2D eigenvalue weighted by atomic mass is 9.86. The molecule has 128 valence electrons. The van der Waals surface area contributed by atoms with Crippen molar-refractivity contribution in [2.75, 3.05) is 0 Å². The van der Waals surface area contributed by atoms with E-state index in [0.717, 1.165) is 5.56 Å². The molecule has 24 heavy (non-hydrogen) atoms. The summed E-state index contributed by atoms with van der Waals surface area (Å²) >= 11 is 0. The summed E-state index contributed by atoms with van der Waals surface area (Å²) in [6.07, 6.45) is 1.98. The van der Waals surface area contributed by atoms with E-state index in [-0.39, 0.29) is 16.9 Å². The number of benzene rings is 2. The molecular formula is C23H31N. The van der Waals surface area contributed by atoms with Gasteiger partial charge in [-0.1, -0.05) is 90.1 Å². The lowest BCUT2D eigenvalue weighted by molar-refractivity contribution is 0.589. The summed E-state index contributed by atoms with van der Waals surface area (Å²) in [4.78, 5) is 4.72. The maximum atomic E-state index is 4.72. The maximum Gasteiger partial charge on any atom is 0.0721 e. The molecule has 0 heterocycles. The minimum atomic E-state index is 0.168. The Morgan fingerprint density at radius 3 is 1.54 bits per heavy atom. The Bertz CT molecular complexity index is 677. The van der Waals surface area contributed by atoms with Gasteiger partial charge >= 0.3 is 0 Å². The van der Waals surface area contributed by atoms with Gasteiger partial charge in [0.15, 0.2) is 0 Å². The van der Waals surface area contributed by atoms with Crippen molar-refractivity contribution in [3.63, 3.8) is 0 Å². The molecule has 0 aliphatic heterocycles. The van der Waals surface area contributed by atoms with E-state index < -0.39 is 0 Å². The number of nitrogens with zero attached hydrogens (tertiary/aromatic N) is 1. The van der Waals surface area contributed by atoms with Gasteiger partial charge in [-0.25, -0.2) is 0 Å². The summed E-state index contributed by atoms with van der Waals surface area (Å²) in [5, 5.41) is 0. The molecule has 0 aliphatic rings. The van der Waals surface area contributed by atoms with Crippen LogP contribution < -0.4 is 0 Å². The lowest BCUT2D eigenvalue weighted by Crippen LogP contribution is -2.10. The van der Waals surface area contributed by atoms with E-state index in [1.165, 1.54) is 16.7 Å². The SMILES string of the molecule is CC(N=Cc1ccc(C(C)(C)C)cc1)c1ccc(C(C)(C)C)cc1. The number of aliphatic imine (C=N–C) groups is 1. The summed E-state index contributed by atoms with van der Waals surface area (Å²) in [5.41, 5.74) is 5.51. The zero-order chi connectivity index (χ0) is 18.0. The zero-order valence-corrected chi connectivity index (χ0v) is 16.2. The first-order valence-electron chi connectivity index (χ1n) is 8.81. The van der Waals surface area contributed by atoms with E-state index in [1.54, 1.807) is 0 Å². The first-order valence-corrected chi connectivity index (χ1v) is 8.81. The molecule has 2 aromatic rings. The van der Waals surface area contributed by atoms with Crippen molar-refractivity contribution in [1.29, 1.82) is 0 Å². The highest BCUT2D eigenvalue weighted by Crippen LogP contribution is 2.25. The third kappa shape index (κ3) is 4.80. The summed E-state index contributed by atoms with van der Waals surface area (Å²) in [5.74, 6) is 0. The first kappa shape index (κ1) is 18.4. The van der Waals surface area contributed by atoms with Crippen LogP contribution in [0.25, 0.3) is 0 Å². The minimum Gasteiger partial charge on any atom is -0.285 e. The van der Waals surface area contributed by atoms with Gasteiger partial charge in [-0.2, -0.15) is 0 Å². The Morgan fingerprint density at radius 1 is 0.708 bits per heavy atom. The normalized spacial score (nSPS) is 14.1. The van der Waals surface area contributed by atoms with Gasteiger partial charge in [0.2, 0.25) is 0 Å². The maximum absolute atomic E-state index is 4.72. The summed E-state index contributed by atoms with van der Waals surface area (Å²) < 4.78 is 0. The fourth-order valence-electron chi connectivity index (χ4n) is 2.61. The van der Waals surface area contributed by atoms with Gasteiger partial charge in [-0.05, 0) is 40.0 Å².